The molecular weight excluding hydrogens is 344 g/mol. The molecule has 4 aliphatic carbocycles. The molecule has 0 saturated heterocycles. The van der Waals surface area contributed by atoms with Gasteiger partial charge in [-0.1, -0.05) is 18.6 Å². The van der Waals surface area contributed by atoms with Crippen molar-refractivity contribution in [3.63, 3.8) is 0 Å². The van der Waals surface area contributed by atoms with E-state index in [2.05, 4.69) is 27.5 Å². The van der Waals surface area contributed by atoms with Gasteiger partial charge in [-0.15, -0.1) is 5.10 Å². The molecule has 2 aromatic heterocycles. The molecule has 1 amide bonds. The summed E-state index contributed by atoms with van der Waals surface area (Å²) in [5, 5.41) is 11.3. The largest absolute Gasteiger partial charge is 0.352 e. The highest BCUT2D eigenvalue weighted by Gasteiger charge is 2.57. The molecule has 8 nitrogen and oxygen atoms in total. The number of amides is 1. The first-order valence-corrected chi connectivity index (χ1v) is 10.1. The Balaban J connectivity index is 1.50. The standard InChI is InChI=1S/C19H26N6O2/c1-3-4-19(13-6-11-5-12(8-13)9-14(19)7-11)21-17(26)15-16-22-23-24(2)18(27)25(16)10-20-15/h10-14H,3-9H2,1-2H3,(H,21,26)/t11-,12?,13+,14?,19?/m0/s1. The van der Waals surface area contributed by atoms with Gasteiger partial charge in [0.25, 0.3) is 5.91 Å². The minimum atomic E-state index is -0.357. The van der Waals surface area contributed by atoms with Crippen LogP contribution in [0.25, 0.3) is 5.65 Å². The van der Waals surface area contributed by atoms with E-state index in [9.17, 15) is 9.59 Å². The number of carbonyl (C=O) groups excluding carboxylic acids is 1. The van der Waals surface area contributed by atoms with Gasteiger partial charge in [-0.25, -0.2) is 14.2 Å². The quantitative estimate of drug-likeness (QED) is 0.881. The number of fused-ring (bicyclic) bond motifs is 1. The van der Waals surface area contributed by atoms with Crippen LogP contribution in [-0.2, 0) is 7.05 Å². The van der Waals surface area contributed by atoms with E-state index in [1.165, 1.54) is 49.9 Å². The van der Waals surface area contributed by atoms with E-state index in [4.69, 9.17) is 0 Å². The van der Waals surface area contributed by atoms with Gasteiger partial charge in [0.15, 0.2) is 11.3 Å². The zero-order valence-electron chi connectivity index (χ0n) is 15.9. The van der Waals surface area contributed by atoms with Crippen molar-refractivity contribution < 1.29 is 4.79 Å². The van der Waals surface area contributed by atoms with Crippen molar-refractivity contribution in [3.05, 3.63) is 22.5 Å². The Hall–Kier alpha value is -2.25. The van der Waals surface area contributed by atoms with Gasteiger partial charge in [0.05, 0.1) is 0 Å². The van der Waals surface area contributed by atoms with Gasteiger partial charge in [-0.05, 0) is 62.2 Å². The summed E-state index contributed by atoms with van der Waals surface area (Å²) in [4.78, 5) is 29.6. The highest BCUT2D eigenvalue weighted by atomic mass is 16.2. The van der Waals surface area contributed by atoms with Gasteiger partial charge in [-0.3, -0.25) is 4.79 Å². The van der Waals surface area contributed by atoms with E-state index in [0.29, 0.717) is 11.8 Å². The van der Waals surface area contributed by atoms with Crippen LogP contribution in [0.4, 0.5) is 0 Å². The van der Waals surface area contributed by atoms with Crippen molar-refractivity contribution in [1.29, 1.82) is 0 Å². The molecule has 4 aliphatic rings. The van der Waals surface area contributed by atoms with Crippen LogP contribution >= 0.6 is 0 Å². The van der Waals surface area contributed by atoms with E-state index >= 15 is 0 Å². The third kappa shape index (κ3) is 2.38. The van der Waals surface area contributed by atoms with E-state index in [0.717, 1.165) is 29.4 Å². The number of nitrogens with one attached hydrogen (secondary N) is 1. The number of aryl methyl sites for hydroxylation is 1. The zero-order chi connectivity index (χ0) is 18.8. The first-order valence-electron chi connectivity index (χ1n) is 10.1. The maximum absolute atomic E-state index is 13.2. The second kappa shape index (κ2) is 5.87. The number of hydrogen-bond donors (Lipinski definition) is 1. The van der Waals surface area contributed by atoms with Crippen LogP contribution in [0.3, 0.4) is 0 Å². The van der Waals surface area contributed by atoms with Crippen LogP contribution in [0, 0.1) is 23.7 Å². The molecule has 144 valence electrons. The molecule has 1 N–H and O–H groups in total. The Morgan fingerprint density at radius 2 is 1.89 bits per heavy atom. The molecule has 2 heterocycles. The van der Waals surface area contributed by atoms with Gasteiger partial charge in [-0.2, -0.15) is 4.68 Å². The molecule has 4 bridgehead atoms. The Morgan fingerprint density at radius 1 is 1.22 bits per heavy atom. The second-order valence-corrected chi connectivity index (χ2v) is 8.83. The van der Waals surface area contributed by atoms with Gasteiger partial charge in [0.1, 0.15) is 6.33 Å². The van der Waals surface area contributed by atoms with Gasteiger partial charge in [0.2, 0.25) is 0 Å². The van der Waals surface area contributed by atoms with Crippen LogP contribution in [0.15, 0.2) is 11.1 Å². The summed E-state index contributed by atoms with van der Waals surface area (Å²) in [6, 6.07) is 0. The highest BCUT2D eigenvalue weighted by Crippen LogP contribution is 2.59. The SMILES string of the molecule is CCCC1(NC(=O)c2ncn3c(=O)n(C)nnc23)C2CC3C[C@H](C2)C[C@@H]1C3. The summed E-state index contributed by atoms with van der Waals surface area (Å²) in [6.07, 6.45) is 9.74. The van der Waals surface area contributed by atoms with Crippen LogP contribution < -0.4 is 11.0 Å². The number of rotatable bonds is 4. The van der Waals surface area contributed by atoms with Gasteiger partial charge >= 0.3 is 5.69 Å². The first-order chi connectivity index (χ1) is 13.0. The van der Waals surface area contributed by atoms with E-state index in [1.54, 1.807) is 0 Å². The Bertz CT molecular complexity index is 933. The van der Waals surface area contributed by atoms with Gasteiger partial charge < -0.3 is 5.32 Å². The zero-order valence-corrected chi connectivity index (χ0v) is 15.9. The maximum Gasteiger partial charge on any atom is 0.352 e. The Morgan fingerprint density at radius 3 is 2.52 bits per heavy atom. The molecule has 0 aliphatic heterocycles. The Labute approximate surface area is 157 Å². The first kappa shape index (κ1) is 16.9. The molecular formula is C19H26N6O2. The van der Waals surface area contributed by atoms with E-state index < -0.39 is 0 Å². The van der Waals surface area contributed by atoms with Crippen molar-refractivity contribution in [2.24, 2.45) is 30.7 Å². The van der Waals surface area contributed by atoms with Crippen molar-refractivity contribution >= 4 is 11.6 Å². The highest BCUT2D eigenvalue weighted by molar-refractivity contribution is 5.98. The summed E-state index contributed by atoms with van der Waals surface area (Å²) in [7, 11) is 1.53. The number of imidazole rings is 1. The predicted octanol–water partition coefficient (Wildman–Crippen LogP) is 1.55. The molecule has 0 unspecified atom stereocenters. The molecule has 0 spiro atoms. The second-order valence-electron chi connectivity index (χ2n) is 8.83. The van der Waals surface area contributed by atoms with Crippen LogP contribution in [0.5, 0.6) is 0 Å². The molecule has 0 aromatic carbocycles. The summed E-state index contributed by atoms with van der Waals surface area (Å²) < 4.78 is 2.41. The van der Waals surface area contributed by atoms with Crippen molar-refractivity contribution in [2.45, 2.75) is 57.4 Å². The summed E-state index contributed by atoms with van der Waals surface area (Å²) in [5.74, 6) is 2.59. The molecule has 8 heteroatoms. The van der Waals surface area contributed by atoms with Crippen molar-refractivity contribution in [2.75, 3.05) is 0 Å². The van der Waals surface area contributed by atoms with Crippen molar-refractivity contribution in [1.82, 2.24) is 29.7 Å². The average Bonchev–Trinajstić information content (AvgIpc) is 3.07. The van der Waals surface area contributed by atoms with Gasteiger partial charge in [0, 0.05) is 12.6 Å². The normalized spacial score (nSPS) is 34.3. The fourth-order valence-electron chi connectivity index (χ4n) is 6.43. The minimum absolute atomic E-state index is 0.137. The summed E-state index contributed by atoms with van der Waals surface area (Å²) in [5.41, 5.74) is -0.0671. The molecule has 2 aromatic rings. The lowest BCUT2D eigenvalue weighted by Crippen LogP contribution is -2.66. The fourth-order valence-corrected chi connectivity index (χ4v) is 6.43. The van der Waals surface area contributed by atoms with Crippen molar-refractivity contribution in [3.8, 4) is 0 Å². The lowest BCUT2D eigenvalue weighted by molar-refractivity contribution is -0.0733. The third-order valence-corrected chi connectivity index (χ3v) is 7.32. The maximum atomic E-state index is 13.2. The van der Waals surface area contributed by atoms with Crippen LogP contribution in [0.2, 0.25) is 0 Å². The molecule has 4 saturated carbocycles. The molecule has 0 atom stereocenters. The molecule has 6 rings (SSSR count). The monoisotopic (exact) mass is 370 g/mol. The summed E-state index contributed by atoms with van der Waals surface area (Å²) in [6.45, 7) is 2.19. The predicted molar refractivity (Wildman–Crippen MR) is 98.2 cm³/mol. The summed E-state index contributed by atoms with van der Waals surface area (Å²) >= 11 is 0. The molecule has 27 heavy (non-hydrogen) atoms. The number of aromatic nitrogens is 5. The van der Waals surface area contributed by atoms with E-state index in [-0.39, 0.29) is 28.5 Å². The number of carbonyl (C=O) groups is 1. The van der Waals surface area contributed by atoms with Crippen LogP contribution in [-0.4, -0.2) is 35.8 Å². The molecule has 0 radical (unpaired) electrons. The topological polar surface area (TPSA) is 94.2 Å². The molecule has 4 fully saturated rings. The van der Waals surface area contributed by atoms with Crippen LogP contribution in [0.1, 0.15) is 62.4 Å². The minimum Gasteiger partial charge on any atom is -0.345 e. The average molecular weight is 370 g/mol. The third-order valence-electron chi connectivity index (χ3n) is 7.32. The Kier molecular flexibility index (Phi) is 3.67. The lowest BCUT2D eigenvalue weighted by Gasteiger charge is -2.61. The number of nitrogens with zero attached hydrogens (tertiary/aromatic N) is 5. The van der Waals surface area contributed by atoms with E-state index in [1.807, 2.05) is 0 Å². The lowest BCUT2D eigenvalue weighted by atomic mass is 9.47. The smallest absolute Gasteiger partial charge is 0.345 e. The fraction of sp³-hybridized carbons (Fsp3) is 0.737. The number of hydrogen-bond acceptors (Lipinski definition) is 5.